The van der Waals surface area contributed by atoms with Crippen LogP contribution in [-0.2, 0) is 0 Å². The van der Waals surface area contributed by atoms with E-state index < -0.39 is 0 Å². The normalized spacial score (nSPS) is 23.3. The summed E-state index contributed by atoms with van der Waals surface area (Å²) < 4.78 is 0. The van der Waals surface area contributed by atoms with Gasteiger partial charge in [-0.1, -0.05) is 25.1 Å². The van der Waals surface area contributed by atoms with E-state index in [0.29, 0.717) is 12.5 Å². The molecule has 4 heteroatoms. The summed E-state index contributed by atoms with van der Waals surface area (Å²) in [5, 5.41) is 0. The third-order valence-electron chi connectivity index (χ3n) is 3.53. The summed E-state index contributed by atoms with van der Waals surface area (Å²) in [5.74, 6) is 0.788. The molecule has 2 rings (SSSR count). The number of nitrogens with zero attached hydrogens (tertiary/aromatic N) is 1. The first-order valence-electron chi connectivity index (χ1n) is 6.28. The fourth-order valence-electron chi connectivity index (χ4n) is 2.49. The van der Waals surface area contributed by atoms with Crippen molar-refractivity contribution in [3.63, 3.8) is 0 Å². The van der Waals surface area contributed by atoms with Crippen molar-refractivity contribution in [3.05, 3.63) is 35.9 Å². The van der Waals surface area contributed by atoms with Crippen LogP contribution in [0.4, 0.5) is 0 Å². The lowest BCUT2D eigenvalue weighted by atomic mass is 9.92. The Morgan fingerprint density at radius 1 is 1.39 bits per heavy atom. The first-order valence-corrected chi connectivity index (χ1v) is 6.28. The molecule has 1 aromatic carbocycles. The van der Waals surface area contributed by atoms with Crippen molar-refractivity contribution in [2.24, 2.45) is 11.7 Å². The number of benzene rings is 1. The highest BCUT2D eigenvalue weighted by molar-refractivity contribution is 5.94. The second-order valence-corrected chi connectivity index (χ2v) is 4.88. The highest BCUT2D eigenvalue weighted by atomic mass is 35.5. The molecule has 1 amide bonds. The number of hydrogen-bond donors (Lipinski definition) is 1. The number of hydrogen-bond acceptors (Lipinski definition) is 2. The van der Waals surface area contributed by atoms with E-state index >= 15 is 0 Å². The predicted molar refractivity (Wildman–Crippen MR) is 76.0 cm³/mol. The van der Waals surface area contributed by atoms with E-state index in [1.165, 1.54) is 0 Å². The van der Waals surface area contributed by atoms with Crippen LogP contribution in [-0.4, -0.2) is 29.9 Å². The highest BCUT2D eigenvalue weighted by Gasteiger charge is 2.29. The number of carbonyl (C=O) groups is 1. The van der Waals surface area contributed by atoms with Crippen LogP contribution >= 0.6 is 12.4 Å². The summed E-state index contributed by atoms with van der Waals surface area (Å²) in [6.07, 6.45) is 2.10. The monoisotopic (exact) mass is 268 g/mol. The molecule has 0 bridgehead atoms. The quantitative estimate of drug-likeness (QED) is 0.895. The Morgan fingerprint density at radius 3 is 2.67 bits per heavy atom. The van der Waals surface area contributed by atoms with Gasteiger partial charge in [-0.15, -0.1) is 12.4 Å². The van der Waals surface area contributed by atoms with Crippen molar-refractivity contribution in [1.29, 1.82) is 0 Å². The largest absolute Gasteiger partial charge is 0.334 e. The van der Waals surface area contributed by atoms with Crippen molar-refractivity contribution in [2.45, 2.75) is 25.8 Å². The molecule has 0 saturated carbocycles. The Hall–Kier alpha value is -1.06. The summed E-state index contributed by atoms with van der Waals surface area (Å²) in [5.41, 5.74) is 6.54. The molecule has 0 spiro atoms. The Morgan fingerprint density at radius 2 is 2.06 bits per heavy atom. The van der Waals surface area contributed by atoms with Crippen LogP contribution in [0.1, 0.15) is 30.1 Å². The smallest absolute Gasteiger partial charge is 0.254 e. The Kier molecular flexibility index (Phi) is 5.63. The molecule has 100 valence electrons. The van der Waals surface area contributed by atoms with Gasteiger partial charge in [0.15, 0.2) is 0 Å². The summed E-state index contributed by atoms with van der Waals surface area (Å²) in [7, 11) is 0. The number of rotatable bonds is 2. The summed E-state index contributed by atoms with van der Waals surface area (Å²) in [4.78, 5) is 14.3. The highest BCUT2D eigenvalue weighted by Crippen LogP contribution is 2.23. The number of piperidine rings is 1. The average molecular weight is 269 g/mol. The van der Waals surface area contributed by atoms with Crippen LogP contribution in [0, 0.1) is 5.92 Å². The third kappa shape index (κ3) is 3.24. The van der Waals surface area contributed by atoms with Crippen molar-refractivity contribution in [2.75, 3.05) is 13.1 Å². The molecule has 3 nitrogen and oxygen atoms in total. The van der Waals surface area contributed by atoms with Crippen molar-refractivity contribution >= 4 is 18.3 Å². The second kappa shape index (κ2) is 6.76. The number of halogens is 1. The zero-order valence-electron chi connectivity index (χ0n) is 10.7. The maximum atomic E-state index is 12.3. The zero-order valence-corrected chi connectivity index (χ0v) is 11.5. The fourth-order valence-corrected chi connectivity index (χ4v) is 2.49. The Labute approximate surface area is 115 Å². The molecular formula is C14H21ClN2O. The molecule has 0 aromatic heterocycles. The molecule has 18 heavy (non-hydrogen) atoms. The lowest BCUT2D eigenvalue weighted by molar-refractivity contribution is 0.0573. The van der Waals surface area contributed by atoms with E-state index in [9.17, 15) is 4.79 Å². The molecule has 1 aliphatic rings. The number of carbonyl (C=O) groups excluding carboxylic acids is 1. The van der Waals surface area contributed by atoms with Gasteiger partial charge >= 0.3 is 0 Å². The summed E-state index contributed by atoms with van der Waals surface area (Å²) in [6.45, 7) is 3.62. The van der Waals surface area contributed by atoms with Gasteiger partial charge in [0.1, 0.15) is 0 Å². The molecule has 2 unspecified atom stereocenters. The van der Waals surface area contributed by atoms with Gasteiger partial charge in [0.05, 0.1) is 0 Å². The van der Waals surface area contributed by atoms with E-state index in [4.69, 9.17) is 5.73 Å². The average Bonchev–Trinajstić information content (AvgIpc) is 2.39. The minimum Gasteiger partial charge on any atom is -0.334 e. The van der Waals surface area contributed by atoms with E-state index in [1.807, 2.05) is 35.2 Å². The van der Waals surface area contributed by atoms with Gasteiger partial charge in [-0.05, 0) is 30.9 Å². The van der Waals surface area contributed by atoms with Crippen LogP contribution < -0.4 is 5.73 Å². The lowest BCUT2D eigenvalue weighted by Gasteiger charge is -2.38. The number of likely N-dealkylation sites (tertiary alicyclic amines) is 1. The molecule has 1 aromatic rings. The van der Waals surface area contributed by atoms with Crippen molar-refractivity contribution in [3.8, 4) is 0 Å². The first kappa shape index (κ1) is 15.0. The van der Waals surface area contributed by atoms with Gasteiger partial charge in [-0.2, -0.15) is 0 Å². The molecule has 1 aliphatic heterocycles. The van der Waals surface area contributed by atoms with Gasteiger partial charge in [-0.25, -0.2) is 0 Å². The number of nitrogens with two attached hydrogens (primary N) is 1. The third-order valence-corrected chi connectivity index (χ3v) is 3.53. The van der Waals surface area contributed by atoms with E-state index in [-0.39, 0.29) is 24.4 Å². The van der Waals surface area contributed by atoms with Gasteiger partial charge in [-0.3, -0.25) is 4.79 Å². The van der Waals surface area contributed by atoms with E-state index in [1.54, 1.807) is 0 Å². The standard InChI is InChI=1S/C14H20N2O.ClH/c1-11-7-8-16(13(9-11)10-15)14(17)12-5-3-2-4-6-12;/h2-6,11,13H,7-10,15H2,1H3;1H. The van der Waals surface area contributed by atoms with Gasteiger partial charge in [0, 0.05) is 24.7 Å². The molecule has 1 heterocycles. The lowest BCUT2D eigenvalue weighted by Crippen LogP contribution is -2.49. The molecule has 1 saturated heterocycles. The van der Waals surface area contributed by atoms with Crippen molar-refractivity contribution < 1.29 is 4.79 Å². The predicted octanol–water partition coefficient (Wildman–Crippen LogP) is 2.31. The molecule has 1 fully saturated rings. The van der Waals surface area contributed by atoms with Crippen LogP contribution in [0.15, 0.2) is 30.3 Å². The minimum absolute atomic E-state index is 0. The zero-order chi connectivity index (χ0) is 12.3. The molecule has 0 aliphatic carbocycles. The van der Waals surface area contributed by atoms with E-state index in [2.05, 4.69) is 6.92 Å². The minimum atomic E-state index is 0. The van der Waals surface area contributed by atoms with Gasteiger partial charge < -0.3 is 10.6 Å². The van der Waals surface area contributed by atoms with E-state index in [0.717, 1.165) is 24.9 Å². The van der Waals surface area contributed by atoms with Crippen LogP contribution in [0.2, 0.25) is 0 Å². The van der Waals surface area contributed by atoms with Crippen molar-refractivity contribution in [1.82, 2.24) is 4.90 Å². The Bertz CT molecular complexity index is 383. The van der Waals surface area contributed by atoms with Crippen LogP contribution in [0.25, 0.3) is 0 Å². The number of amides is 1. The summed E-state index contributed by atoms with van der Waals surface area (Å²) in [6, 6.07) is 9.66. The SMILES string of the molecule is CC1CCN(C(=O)c2ccccc2)C(CN)C1.Cl. The van der Waals surface area contributed by atoms with Crippen LogP contribution in [0.5, 0.6) is 0 Å². The molecular weight excluding hydrogens is 248 g/mol. The fraction of sp³-hybridized carbons (Fsp3) is 0.500. The first-order chi connectivity index (χ1) is 8.22. The topological polar surface area (TPSA) is 46.3 Å². The maximum absolute atomic E-state index is 12.3. The maximum Gasteiger partial charge on any atom is 0.254 e. The van der Waals surface area contributed by atoms with Gasteiger partial charge in [0.25, 0.3) is 5.91 Å². The molecule has 2 atom stereocenters. The summed E-state index contributed by atoms with van der Waals surface area (Å²) >= 11 is 0. The molecule has 2 N–H and O–H groups in total. The molecule has 0 radical (unpaired) electrons. The van der Waals surface area contributed by atoms with Gasteiger partial charge in [0.2, 0.25) is 0 Å². The Balaban J connectivity index is 0.00000162. The van der Waals surface area contributed by atoms with Crippen LogP contribution in [0.3, 0.4) is 0 Å². The second-order valence-electron chi connectivity index (χ2n) is 4.88.